The minimum atomic E-state index is -0.319. The minimum Gasteiger partial charge on any atom is -0.381 e. The van der Waals surface area contributed by atoms with Crippen LogP contribution in [0.15, 0.2) is 45.7 Å². The van der Waals surface area contributed by atoms with Crippen molar-refractivity contribution >= 4 is 23.3 Å². The standard InChI is InChI=1S/C18H22O3S/c1-4-21-11-14-15(19)10-16(20)17(12(2)3)18(14)22-13-8-6-5-7-9-13/h5-9,12,14H,4,10-11H2,1-3H3. The molecule has 1 aliphatic rings. The van der Waals surface area contributed by atoms with Gasteiger partial charge in [-0.25, -0.2) is 0 Å². The summed E-state index contributed by atoms with van der Waals surface area (Å²) in [5.74, 6) is -0.274. The zero-order valence-corrected chi connectivity index (χ0v) is 14.1. The number of carbonyl (C=O) groups excluding carboxylic acids is 2. The third kappa shape index (κ3) is 3.87. The molecule has 0 N–H and O–H groups in total. The highest BCUT2D eigenvalue weighted by Crippen LogP contribution is 2.41. The second-order valence-electron chi connectivity index (χ2n) is 5.63. The largest absolute Gasteiger partial charge is 0.381 e. The van der Waals surface area contributed by atoms with Gasteiger partial charge in [0.15, 0.2) is 11.6 Å². The Morgan fingerprint density at radius 3 is 2.50 bits per heavy atom. The molecule has 0 saturated heterocycles. The Balaban J connectivity index is 2.42. The second-order valence-corrected chi connectivity index (χ2v) is 6.74. The lowest BCUT2D eigenvalue weighted by Crippen LogP contribution is -2.32. The van der Waals surface area contributed by atoms with E-state index in [-0.39, 0.29) is 29.8 Å². The third-order valence-corrected chi connectivity index (χ3v) is 4.88. The summed E-state index contributed by atoms with van der Waals surface area (Å²) in [6.07, 6.45) is 0.00407. The highest BCUT2D eigenvalue weighted by atomic mass is 32.2. The number of thioether (sulfide) groups is 1. The molecule has 0 bridgehead atoms. The van der Waals surface area contributed by atoms with Gasteiger partial charge in [-0.1, -0.05) is 43.8 Å². The maximum atomic E-state index is 12.3. The Kier molecular flexibility index (Phi) is 5.98. The maximum Gasteiger partial charge on any atom is 0.167 e. The molecule has 0 saturated carbocycles. The predicted molar refractivity (Wildman–Crippen MR) is 88.8 cm³/mol. The summed E-state index contributed by atoms with van der Waals surface area (Å²) in [5, 5.41) is 0. The highest BCUT2D eigenvalue weighted by Gasteiger charge is 2.36. The lowest BCUT2D eigenvalue weighted by molar-refractivity contribution is -0.129. The lowest BCUT2D eigenvalue weighted by atomic mass is 9.83. The number of hydrogen-bond acceptors (Lipinski definition) is 4. The van der Waals surface area contributed by atoms with Gasteiger partial charge >= 0.3 is 0 Å². The number of ketones is 2. The van der Waals surface area contributed by atoms with Crippen LogP contribution >= 0.6 is 11.8 Å². The average molecular weight is 318 g/mol. The van der Waals surface area contributed by atoms with Gasteiger partial charge in [-0.2, -0.15) is 0 Å². The van der Waals surface area contributed by atoms with Gasteiger partial charge in [0.25, 0.3) is 0 Å². The molecular weight excluding hydrogens is 296 g/mol. The second kappa shape index (κ2) is 7.75. The fourth-order valence-electron chi connectivity index (χ4n) is 2.60. The van der Waals surface area contributed by atoms with E-state index in [1.165, 1.54) is 11.8 Å². The molecule has 1 unspecified atom stereocenters. The summed E-state index contributed by atoms with van der Waals surface area (Å²) in [5.41, 5.74) is 0.790. The van der Waals surface area contributed by atoms with Crippen molar-refractivity contribution in [3.8, 4) is 0 Å². The Bertz CT molecular complexity index is 575. The molecule has 1 aromatic rings. The Hall–Kier alpha value is -1.39. The monoisotopic (exact) mass is 318 g/mol. The van der Waals surface area contributed by atoms with Crippen LogP contribution in [0.25, 0.3) is 0 Å². The molecule has 0 aromatic heterocycles. The van der Waals surface area contributed by atoms with E-state index >= 15 is 0 Å². The van der Waals surface area contributed by atoms with Crippen molar-refractivity contribution in [3.63, 3.8) is 0 Å². The third-order valence-electron chi connectivity index (χ3n) is 3.64. The van der Waals surface area contributed by atoms with E-state index in [1.54, 1.807) is 0 Å². The summed E-state index contributed by atoms with van der Waals surface area (Å²) in [4.78, 5) is 26.6. The van der Waals surface area contributed by atoms with Crippen LogP contribution in [0.5, 0.6) is 0 Å². The molecule has 1 atom stereocenters. The number of allylic oxidation sites excluding steroid dienone is 1. The van der Waals surface area contributed by atoms with Gasteiger partial charge in [0, 0.05) is 22.0 Å². The molecule has 0 heterocycles. The zero-order valence-electron chi connectivity index (χ0n) is 13.3. The van der Waals surface area contributed by atoms with Crippen LogP contribution in [-0.4, -0.2) is 24.8 Å². The van der Waals surface area contributed by atoms with E-state index in [1.807, 2.05) is 51.1 Å². The van der Waals surface area contributed by atoms with Crippen molar-refractivity contribution in [2.24, 2.45) is 11.8 Å². The summed E-state index contributed by atoms with van der Waals surface area (Å²) < 4.78 is 5.50. The number of Topliss-reactive ketones (excluding diaryl/α,β-unsaturated/α-hetero) is 2. The first-order valence-electron chi connectivity index (χ1n) is 7.65. The van der Waals surface area contributed by atoms with Crippen LogP contribution in [0.4, 0.5) is 0 Å². The van der Waals surface area contributed by atoms with Crippen molar-refractivity contribution in [3.05, 3.63) is 40.8 Å². The number of benzene rings is 1. The summed E-state index contributed by atoms with van der Waals surface area (Å²) in [6, 6.07) is 9.87. The van der Waals surface area contributed by atoms with Crippen LogP contribution in [0.2, 0.25) is 0 Å². The zero-order chi connectivity index (χ0) is 16.1. The van der Waals surface area contributed by atoms with Crippen molar-refractivity contribution in [2.45, 2.75) is 32.1 Å². The normalized spacial score (nSPS) is 19.2. The van der Waals surface area contributed by atoms with Gasteiger partial charge in [0.1, 0.15) is 0 Å². The number of carbonyl (C=O) groups is 2. The molecule has 1 aromatic carbocycles. The van der Waals surface area contributed by atoms with Gasteiger partial charge in [0.05, 0.1) is 18.9 Å². The summed E-state index contributed by atoms with van der Waals surface area (Å²) in [6.45, 7) is 6.85. The van der Waals surface area contributed by atoms with E-state index in [2.05, 4.69) is 0 Å². The number of ether oxygens (including phenoxy) is 1. The molecule has 0 spiro atoms. The van der Waals surface area contributed by atoms with Crippen molar-refractivity contribution in [1.29, 1.82) is 0 Å². The quantitative estimate of drug-likeness (QED) is 0.747. The first kappa shape index (κ1) is 17.0. The Morgan fingerprint density at radius 2 is 1.91 bits per heavy atom. The lowest BCUT2D eigenvalue weighted by Gasteiger charge is -2.28. The summed E-state index contributed by atoms with van der Waals surface area (Å²) in [7, 11) is 0. The molecule has 0 radical (unpaired) electrons. The van der Waals surface area contributed by atoms with Crippen molar-refractivity contribution in [2.75, 3.05) is 13.2 Å². The molecular formula is C18H22O3S. The van der Waals surface area contributed by atoms with E-state index < -0.39 is 0 Å². The molecule has 0 amide bonds. The van der Waals surface area contributed by atoms with Crippen LogP contribution in [0, 0.1) is 11.8 Å². The Morgan fingerprint density at radius 1 is 1.23 bits per heavy atom. The fourth-order valence-corrected chi connectivity index (χ4v) is 3.95. The first-order valence-corrected chi connectivity index (χ1v) is 8.46. The fraction of sp³-hybridized carbons (Fsp3) is 0.444. The van der Waals surface area contributed by atoms with E-state index in [4.69, 9.17) is 4.74 Å². The van der Waals surface area contributed by atoms with Crippen LogP contribution in [0.3, 0.4) is 0 Å². The molecule has 1 aliphatic carbocycles. The van der Waals surface area contributed by atoms with Gasteiger partial charge in [-0.3, -0.25) is 9.59 Å². The number of hydrogen-bond donors (Lipinski definition) is 0. The maximum absolute atomic E-state index is 12.3. The van der Waals surface area contributed by atoms with Gasteiger partial charge in [0.2, 0.25) is 0 Å². The molecule has 0 fully saturated rings. The highest BCUT2D eigenvalue weighted by molar-refractivity contribution is 8.03. The van der Waals surface area contributed by atoms with Gasteiger partial charge in [-0.05, 0) is 25.0 Å². The SMILES string of the molecule is CCOCC1C(=O)CC(=O)C(C(C)C)=C1Sc1ccccc1. The van der Waals surface area contributed by atoms with E-state index in [0.29, 0.717) is 13.2 Å². The molecule has 2 rings (SSSR count). The smallest absolute Gasteiger partial charge is 0.167 e. The number of rotatable bonds is 6. The van der Waals surface area contributed by atoms with Crippen molar-refractivity contribution < 1.29 is 14.3 Å². The van der Waals surface area contributed by atoms with Gasteiger partial charge < -0.3 is 4.74 Å². The first-order chi connectivity index (χ1) is 10.5. The Labute approximate surface area is 136 Å². The van der Waals surface area contributed by atoms with Crippen molar-refractivity contribution in [1.82, 2.24) is 0 Å². The van der Waals surface area contributed by atoms with Crippen LogP contribution in [0.1, 0.15) is 27.2 Å². The van der Waals surface area contributed by atoms with E-state index in [0.717, 1.165) is 15.4 Å². The predicted octanol–water partition coefficient (Wildman–Crippen LogP) is 3.88. The van der Waals surface area contributed by atoms with Gasteiger partial charge in [-0.15, -0.1) is 0 Å². The van der Waals surface area contributed by atoms with Crippen LogP contribution in [-0.2, 0) is 14.3 Å². The molecule has 0 aliphatic heterocycles. The molecule has 118 valence electrons. The molecule has 4 heteroatoms. The van der Waals surface area contributed by atoms with Crippen LogP contribution < -0.4 is 0 Å². The molecule has 22 heavy (non-hydrogen) atoms. The minimum absolute atomic E-state index is 0.00407. The van der Waals surface area contributed by atoms with E-state index in [9.17, 15) is 9.59 Å². The average Bonchev–Trinajstić information content (AvgIpc) is 2.47. The summed E-state index contributed by atoms with van der Waals surface area (Å²) >= 11 is 1.52. The topological polar surface area (TPSA) is 43.4 Å². The molecule has 3 nitrogen and oxygen atoms in total.